The maximum absolute atomic E-state index is 12.8. The number of nitrogens with one attached hydrogen (secondary N) is 1. The van der Waals surface area contributed by atoms with Gasteiger partial charge in [-0.25, -0.2) is 14.6 Å². The van der Waals surface area contributed by atoms with Crippen molar-refractivity contribution in [1.82, 2.24) is 5.43 Å². The molecule has 7 heteroatoms. The summed E-state index contributed by atoms with van der Waals surface area (Å²) in [4.78, 5) is 24.3. The maximum Gasteiger partial charge on any atom is 0.353 e. The van der Waals surface area contributed by atoms with Gasteiger partial charge < -0.3 is 4.74 Å². The number of thiophene rings is 1. The average molecular weight is 368 g/mol. The van der Waals surface area contributed by atoms with E-state index in [4.69, 9.17) is 4.74 Å². The fraction of sp³-hybridized carbons (Fsp3) is 0. The zero-order valence-corrected chi connectivity index (χ0v) is 14.2. The predicted molar refractivity (Wildman–Crippen MR) is 97.2 cm³/mol. The van der Waals surface area contributed by atoms with E-state index in [1.807, 2.05) is 0 Å². The molecule has 0 aliphatic rings. The number of carbonyl (C=O) groups excluding carboxylic acids is 2. The Hall–Kier alpha value is -3.32. The van der Waals surface area contributed by atoms with Gasteiger partial charge in [0, 0.05) is 5.56 Å². The lowest BCUT2D eigenvalue weighted by atomic mass is 10.2. The molecule has 1 aromatic heterocycles. The zero-order chi connectivity index (χ0) is 18.4. The molecule has 0 radical (unpaired) electrons. The van der Waals surface area contributed by atoms with Crippen molar-refractivity contribution < 1.29 is 18.7 Å². The predicted octanol–water partition coefficient (Wildman–Crippen LogP) is 3.87. The summed E-state index contributed by atoms with van der Waals surface area (Å²) in [5.74, 6) is -0.934. The third-order valence-corrected chi connectivity index (χ3v) is 4.13. The van der Waals surface area contributed by atoms with E-state index in [2.05, 4.69) is 10.5 Å². The van der Waals surface area contributed by atoms with Gasteiger partial charge in [0.05, 0.1) is 6.21 Å². The summed E-state index contributed by atoms with van der Waals surface area (Å²) in [6.45, 7) is 0. The van der Waals surface area contributed by atoms with Crippen LogP contribution in [0.15, 0.2) is 71.1 Å². The summed E-state index contributed by atoms with van der Waals surface area (Å²) in [6, 6.07) is 15.3. The van der Waals surface area contributed by atoms with Crippen molar-refractivity contribution in [3.63, 3.8) is 0 Å². The zero-order valence-electron chi connectivity index (χ0n) is 13.4. The van der Waals surface area contributed by atoms with Crippen LogP contribution < -0.4 is 10.2 Å². The second-order valence-corrected chi connectivity index (χ2v) is 6.09. The molecule has 26 heavy (non-hydrogen) atoms. The van der Waals surface area contributed by atoms with Gasteiger partial charge >= 0.3 is 5.97 Å². The fourth-order valence-corrected chi connectivity index (χ4v) is 2.64. The number of hydrazone groups is 1. The van der Waals surface area contributed by atoms with Crippen molar-refractivity contribution in [3.8, 4) is 5.75 Å². The summed E-state index contributed by atoms with van der Waals surface area (Å²) in [5.41, 5.74) is 3.28. The molecule has 2 aromatic carbocycles. The smallest absolute Gasteiger partial charge is 0.353 e. The number of hydrogen-bond donors (Lipinski definition) is 1. The summed E-state index contributed by atoms with van der Waals surface area (Å²) >= 11 is 1.30. The Bertz CT molecular complexity index is 938. The lowest BCUT2D eigenvalue weighted by molar-refractivity contribution is 0.0739. The first kappa shape index (κ1) is 17.5. The molecule has 0 fully saturated rings. The number of benzene rings is 2. The van der Waals surface area contributed by atoms with Crippen LogP contribution in [-0.4, -0.2) is 18.1 Å². The van der Waals surface area contributed by atoms with Gasteiger partial charge in [-0.3, -0.25) is 4.79 Å². The monoisotopic (exact) mass is 368 g/mol. The molecule has 0 spiro atoms. The highest BCUT2D eigenvalue weighted by atomic mass is 32.1. The van der Waals surface area contributed by atoms with E-state index in [9.17, 15) is 14.0 Å². The Morgan fingerprint density at radius 2 is 1.88 bits per heavy atom. The molecule has 1 amide bonds. The van der Waals surface area contributed by atoms with Crippen LogP contribution in [0, 0.1) is 5.82 Å². The van der Waals surface area contributed by atoms with Crippen LogP contribution in [0.25, 0.3) is 0 Å². The number of ether oxygens (including phenoxy) is 1. The lowest BCUT2D eigenvalue weighted by Gasteiger charge is -2.03. The number of carbonyl (C=O) groups is 2. The van der Waals surface area contributed by atoms with Crippen LogP contribution in [0.2, 0.25) is 0 Å². The van der Waals surface area contributed by atoms with Crippen molar-refractivity contribution in [2.45, 2.75) is 0 Å². The molecule has 1 heterocycles. The molecule has 0 unspecified atom stereocenters. The van der Waals surface area contributed by atoms with Crippen LogP contribution in [0.1, 0.15) is 25.6 Å². The lowest BCUT2D eigenvalue weighted by Crippen LogP contribution is -2.17. The van der Waals surface area contributed by atoms with E-state index in [0.29, 0.717) is 21.8 Å². The minimum atomic E-state index is -0.457. The fourth-order valence-electron chi connectivity index (χ4n) is 2.04. The second kappa shape index (κ2) is 8.17. The van der Waals surface area contributed by atoms with Crippen molar-refractivity contribution >= 4 is 29.4 Å². The van der Waals surface area contributed by atoms with Gasteiger partial charge in [0.25, 0.3) is 5.91 Å². The molecule has 130 valence electrons. The van der Waals surface area contributed by atoms with Gasteiger partial charge in [-0.15, -0.1) is 11.3 Å². The van der Waals surface area contributed by atoms with E-state index >= 15 is 0 Å². The largest absolute Gasteiger partial charge is 0.422 e. The van der Waals surface area contributed by atoms with Gasteiger partial charge in [-0.2, -0.15) is 5.10 Å². The summed E-state index contributed by atoms with van der Waals surface area (Å²) in [6.07, 6.45) is 1.42. The van der Waals surface area contributed by atoms with Gasteiger partial charge in [0.1, 0.15) is 16.4 Å². The molecule has 3 aromatic rings. The van der Waals surface area contributed by atoms with Crippen LogP contribution in [0.3, 0.4) is 0 Å². The number of nitrogens with zero attached hydrogens (tertiary/aromatic N) is 1. The highest BCUT2D eigenvalue weighted by Crippen LogP contribution is 2.16. The van der Waals surface area contributed by atoms with Crippen LogP contribution in [0.5, 0.6) is 5.75 Å². The quantitative estimate of drug-likeness (QED) is 0.322. The van der Waals surface area contributed by atoms with Crippen LogP contribution >= 0.6 is 11.3 Å². The molecule has 0 saturated heterocycles. The van der Waals surface area contributed by atoms with E-state index < -0.39 is 17.7 Å². The first-order chi connectivity index (χ1) is 12.6. The Kier molecular flexibility index (Phi) is 5.50. The third-order valence-electron chi connectivity index (χ3n) is 3.28. The molecule has 0 bridgehead atoms. The van der Waals surface area contributed by atoms with Gasteiger partial charge in [0.15, 0.2) is 0 Å². The second-order valence-electron chi connectivity index (χ2n) is 5.15. The van der Waals surface area contributed by atoms with Gasteiger partial charge in [-0.05, 0) is 53.4 Å². The summed E-state index contributed by atoms with van der Waals surface area (Å²) in [5, 5.41) is 5.65. The Labute approximate surface area is 152 Å². The number of halogens is 1. The van der Waals surface area contributed by atoms with Gasteiger partial charge in [-0.1, -0.05) is 18.2 Å². The minimum Gasteiger partial charge on any atom is -0.422 e. The number of rotatable bonds is 5. The third kappa shape index (κ3) is 4.61. The van der Waals surface area contributed by atoms with E-state index in [1.165, 1.54) is 41.8 Å². The molecular weight excluding hydrogens is 355 g/mol. The molecule has 1 N–H and O–H groups in total. The normalized spacial score (nSPS) is 10.7. The summed E-state index contributed by atoms with van der Waals surface area (Å²) in [7, 11) is 0. The molecule has 5 nitrogen and oxygen atoms in total. The van der Waals surface area contributed by atoms with Crippen LogP contribution in [0.4, 0.5) is 4.39 Å². The number of esters is 1. The highest BCUT2D eigenvalue weighted by Gasteiger charge is 2.09. The molecule has 0 atom stereocenters. The maximum atomic E-state index is 12.8. The highest BCUT2D eigenvalue weighted by molar-refractivity contribution is 7.12. The van der Waals surface area contributed by atoms with Crippen molar-refractivity contribution in [1.29, 1.82) is 0 Å². The number of amides is 1. The molecule has 3 rings (SSSR count). The molecular formula is C19H13FN2O3S. The first-order valence-corrected chi connectivity index (χ1v) is 8.44. The topological polar surface area (TPSA) is 67.8 Å². The van der Waals surface area contributed by atoms with Crippen LogP contribution in [-0.2, 0) is 0 Å². The Balaban J connectivity index is 1.61. The van der Waals surface area contributed by atoms with E-state index in [0.717, 1.165) is 0 Å². The molecule has 0 aliphatic heterocycles. The summed E-state index contributed by atoms with van der Waals surface area (Å²) < 4.78 is 18.1. The minimum absolute atomic E-state index is 0.294. The standard InChI is InChI=1S/C19H13FN2O3S/c20-15-8-6-14(7-9-15)18(23)22-21-12-13-3-1-4-16(11-13)25-19(24)17-5-2-10-26-17/h1-12H,(H,22,23)/b21-12+. The van der Waals surface area contributed by atoms with Crippen molar-refractivity contribution in [2.75, 3.05) is 0 Å². The molecule has 0 saturated carbocycles. The SMILES string of the molecule is O=C(N/N=C/c1cccc(OC(=O)c2cccs2)c1)c1ccc(F)cc1. The van der Waals surface area contributed by atoms with Gasteiger partial charge in [0.2, 0.25) is 0 Å². The first-order valence-electron chi connectivity index (χ1n) is 7.56. The van der Waals surface area contributed by atoms with E-state index in [1.54, 1.807) is 41.8 Å². The van der Waals surface area contributed by atoms with Crippen molar-refractivity contribution in [3.05, 3.63) is 87.9 Å². The Morgan fingerprint density at radius 1 is 1.08 bits per heavy atom. The Morgan fingerprint density at radius 3 is 2.62 bits per heavy atom. The average Bonchev–Trinajstić information content (AvgIpc) is 3.17. The van der Waals surface area contributed by atoms with Crippen molar-refractivity contribution in [2.24, 2.45) is 5.10 Å². The molecule has 0 aliphatic carbocycles. The van der Waals surface area contributed by atoms with E-state index in [-0.39, 0.29) is 0 Å². The number of hydrogen-bond acceptors (Lipinski definition) is 5.